The number of nitriles is 1. The first kappa shape index (κ1) is 20.1. The van der Waals surface area contributed by atoms with Gasteiger partial charge in [0, 0.05) is 19.2 Å². The van der Waals surface area contributed by atoms with Gasteiger partial charge in [0.1, 0.15) is 12.0 Å². The molecule has 0 radical (unpaired) electrons. The number of amides is 3. The van der Waals surface area contributed by atoms with Crippen molar-refractivity contribution in [2.45, 2.75) is 19.4 Å². The second-order valence-electron chi connectivity index (χ2n) is 6.86. The normalized spacial score (nSPS) is 16.0. The van der Waals surface area contributed by atoms with Crippen LogP contribution in [0.3, 0.4) is 0 Å². The van der Waals surface area contributed by atoms with Gasteiger partial charge in [0.25, 0.3) is 5.91 Å². The number of carbonyl (C=O) groups is 3. The third-order valence-corrected chi connectivity index (χ3v) is 5.01. The van der Waals surface area contributed by atoms with Gasteiger partial charge in [-0.2, -0.15) is 5.26 Å². The van der Waals surface area contributed by atoms with Gasteiger partial charge in [-0.3, -0.25) is 14.4 Å². The predicted octanol–water partition coefficient (Wildman–Crippen LogP) is 2.15. The third-order valence-electron chi connectivity index (χ3n) is 5.01. The van der Waals surface area contributed by atoms with E-state index in [-0.39, 0.29) is 18.9 Å². The maximum atomic E-state index is 13.2. The van der Waals surface area contributed by atoms with Crippen LogP contribution in [-0.4, -0.2) is 31.3 Å². The summed E-state index contributed by atoms with van der Waals surface area (Å²) in [5.74, 6) is -2.31. The van der Waals surface area contributed by atoms with E-state index < -0.39 is 23.8 Å². The molecule has 0 saturated carbocycles. The molecule has 29 heavy (non-hydrogen) atoms. The van der Waals surface area contributed by atoms with Crippen molar-refractivity contribution in [1.82, 2.24) is 10.6 Å². The number of benzene rings is 2. The van der Waals surface area contributed by atoms with E-state index in [4.69, 9.17) is 5.26 Å². The molecule has 1 aliphatic rings. The van der Waals surface area contributed by atoms with Gasteiger partial charge < -0.3 is 15.5 Å². The highest BCUT2D eigenvalue weighted by molar-refractivity contribution is 6.07. The molecule has 0 spiro atoms. The van der Waals surface area contributed by atoms with E-state index in [1.165, 1.54) is 11.8 Å². The fraction of sp³-hybridized carbons (Fsp3) is 0.273. The van der Waals surface area contributed by atoms with Gasteiger partial charge in [-0.25, -0.2) is 0 Å². The SMILES string of the molecule is CC(C(=O)NCCC#N)C(=O)NC1C(=O)N(C)c2ccccc2-c2ccccc21. The first-order valence-electron chi connectivity index (χ1n) is 9.36. The zero-order valence-electron chi connectivity index (χ0n) is 16.3. The fourth-order valence-electron chi connectivity index (χ4n) is 3.35. The summed E-state index contributed by atoms with van der Waals surface area (Å²) in [6, 6.07) is 16.0. The summed E-state index contributed by atoms with van der Waals surface area (Å²) in [4.78, 5) is 39.6. The maximum absolute atomic E-state index is 13.2. The Balaban J connectivity index is 1.90. The molecule has 148 valence electrons. The molecule has 1 aliphatic heterocycles. The Bertz CT molecular complexity index is 996. The van der Waals surface area contributed by atoms with Gasteiger partial charge in [-0.05, 0) is 24.1 Å². The number of hydrogen-bond acceptors (Lipinski definition) is 4. The molecule has 3 amide bonds. The van der Waals surface area contributed by atoms with Crippen LogP contribution in [0.15, 0.2) is 48.5 Å². The average molecular weight is 390 g/mol. The van der Waals surface area contributed by atoms with Crippen LogP contribution in [0.4, 0.5) is 5.69 Å². The minimum Gasteiger partial charge on any atom is -0.354 e. The largest absolute Gasteiger partial charge is 0.354 e. The Morgan fingerprint density at radius 2 is 1.76 bits per heavy atom. The average Bonchev–Trinajstić information content (AvgIpc) is 2.83. The Kier molecular flexibility index (Phi) is 5.93. The number of nitrogens with one attached hydrogen (secondary N) is 2. The van der Waals surface area contributed by atoms with Crippen molar-refractivity contribution in [2.24, 2.45) is 5.92 Å². The Morgan fingerprint density at radius 1 is 1.10 bits per heavy atom. The second-order valence-corrected chi connectivity index (χ2v) is 6.86. The van der Waals surface area contributed by atoms with E-state index >= 15 is 0 Å². The molecule has 0 bridgehead atoms. The van der Waals surface area contributed by atoms with Crippen LogP contribution in [0.1, 0.15) is 24.9 Å². The van der Waals surface area contributed by atoms with Crippen molar-refractivity contribution in [3.8, 4) is 17.2 Å². The second kappa shape index (κ2) is 8.57. The summed E-state index contributed by atoms with van der Waals surface area (Å²) < 4.78 is 0. The van der Waals surface area contributed by atoms with Crippen LogP contribution in [-0.2, 0) is 14.4 Å². The lowest BCUT2D eigenvalue weighted by Crippen LogP contribution is -2.45. The number of para-hydroxylation sites is 1. The molecule has 2 atom stereocenters. The predicted molar refractivity (Wildman–Crippen MR) is 109 cm³/mol. The zero-order chi connectivity index (χ0) is 21.0. The molecule has 2 unspecified atom stereocenters. The molecule has 2 aromatic carbocycles. The minimum atomic E-state index is -0.996. The van der Waals surface area contributed by atoms with Gasteiger partial charge in [-0.15, -0.1) is 0 Å². The summed E-state index contributed by atoms with van der Waals surface area (Å²) in [6.07, 6.45) is 0.164. The maximum Gasteiger partial charge on any atom is 0.253 e. The number of anilines is 1. The van der Waals surface area contributed by atoms with E-state index in [9.17, 15) is 14.4 Å². The van der Waals surface area contributed by atoms with Crippen LogP contribution in [0, 0.1) is 17.2 Å². The number of nitrogens with zero attached hydrogens (tertiary/aromatic N) is 2. The Morgan fingerprint density at radius 3 is 2.48 bits per heavy atom. The Labute approximate surface area is 169 Å². The number of likely N-dealkylation sites (N-methyl/N-ethyl adjacent to an activating group) is 1. The number of hydrogen-bond donors (Lipinski definition) is 2. The number of rotatable bonds is 5. The van der Waals surface area contributed by atoms with E-state index in [1.807, 2.05) is 54.6 Å². The van der Waals surface area contributed by atoms with Crippen LogP contribution in [0.25, 0.3) is 11.1 Å². The minimum absolute atomic E-state index is 0.164. The number of carbonyl (C=O) groups excluding carboxylic acids is 3. The summed E-state index contributed by atoms with van der Waals surface area (Å²) in [5, 5.41) is 13.9. The summed E-state index contributed by atoms with van der Waals surface area (Å²) >= 11 is 0. The van der Waals surface area contributed by atoms with Gasteiger partial charge in [0.05, 0.1) is 18.2 Å². The standard InChI is InChI=1S/C22H22N4O3/c1-14(20(27)24-13-7-12-23)21(28)25-19-17-10-4-3-8-15(17)16-9-5-6-11-18(16)26(2)22(19)29/h3-6,8-11,14,19H,7,13H2,1-2H3,(H,24,27)(H,25,28). The fourth-order valence-corrected chi connectivity index (χ4v) is 3.35. The smallest absolute Gasteiger partial charge is 0.253 e. The molecule has 2 N–H and O–H groups in total. The molecule has 1 heterocycles. The lowest BCUT2D eigenvalue weighted by molar-refractivity contribution is -0.136. The molecule has 0 fully saturated rings. The van der Waals surface area contributed by atoms with Crippen LogP contribution in [0.5, 0.6) is 0 Å². The zero-order valence-corrected chi connectivity index (χ0v) is 16.3. The highest BCUT2D eigenvalue weighted by Crippen LogP contribution is 2.39. The van der Waals surface area contributed by atoms with Gasteiger partial charge in [0.2, 0.25) is 11.8 Å². The Hall–Kier alpha value is -3.66. The van der Waals surface area contributed by atoms with Crippen molar-refractivity contribution >= 4 is 23.4 Å². The molecular weight excluding hydrogens is 368 g/mol. The van der Waals surface area contributed by atoms with Gasteiger partial charge in [-0.1, -0.05) is 42.5 Å². The van der Waals surface area contributed by atoms with Crippen LogP contribution >= 0.6 is 0 Å². The first-order chi connectivity index (χ1) is 14.0. The highest BCUT2D eigenvalue weighted by Gasteiger charge is 2.34. The van der Waals surface area contributed by atoms with Crippen molar-refractivity contribution in [2.75, 3.05) is 18.5 Å². The lowest BCUT2D eigenvalue weighted by Gasteiger charge is -2.24. The molecular formula is C22H22N4O3. The third kappa shape index (κ3) is 3.97. The molecule has 7 heteroatoms. The van der Waals surface area contributed by atoms with Crippen molar-refractivity contribution in [1.29, 1.82) is 5.26 Å². The highest BCUT2D eigenvalue weighted by atomic mass is 16.2. The summed E-state index contributed by atoms with van der Waals surface area (Å²) in [6.45, 7) is 1.65. The van der Waals surface area contributed by atoms with Crippen molar-refractivity contribution < 1.29 is 14.4 Å². The topological polar surface area (TPSA) is 102 Å². The quantitative estimate of drug-likeness (QED) is 0.603. The molecule has 0 saturated heterocycles. The first-order valence-corrected chi connectivity index (χ1v) is 9.36. The van der Waals surface area contributed by atoms with E-state index in [2.05, 4.69) is 10.6 Å². The van der Waals surface area contributed by atoms with Crippen LogP contribution in [0.2, 0.25) is 0 Å². The van der Waals surface area contributed by atoms with Gasteiger partial charge in [0.15, 0.2) is 0 Å². The van der Waals surface area contributed by atoms with E-state index in [1.54, 1.807) is 7.05 Å². The molecule has 7 nitrogen and oxygen atoms in total. The number of fused-ring (bicyclic) bond motifs is 3. The van der Waals surface area contributed by atoms with Crippen molar-refractivity contribution in [3.63, 3.8) is 0 Å². The molecule has 3 rings (SSSR count). The van der Waals surface area contributed by atoms with Crippen LogP contribution < -0.4 is 15.5 Å². The van der Waals surface area contributed by atoms with E-state index in [0.717, 1.165) is 16.8 Å². The molecule has 2 aromatic rings. The lowest BCUT2D eigenvalue weighted by atomic mass is 9.95. The summed E-state index contributed by atoms with van der Waals surface area (Å²) in [5.41, 5.74) is 3.19. The van der Waals surface area contributed by atoms with E-state index in [0.29, 0.717) is 5.56 Å². The monoisotopic (exact) mass is 390 g/mol. The van der Waals surface area contributed by atoms with Crippen molar-refractivity contribution in [3.05, 3.63) is 54.1 Å². The molecule has 0 aromatic heterocycles. The van der Waals surface area contributed by atoms with Gasteiger partial charge >= 0.3 is 0 Å². The summed E-state index contributed by atoms with van der Waals surface area (Å²) in [7, 11) is 1.67. The molecule has 0 aliphatic carbocycles.